The van der Waals surface area contributed by atoms with E-state index in [4.69, 9.17) is 0 Å². The second kappa shape index (κ2) is 11.8. The van der Waals surface area contributed by atoms with E-state index in [1.165, 1.54) is 0 Å². The molecule has 0 saturated heterocycles. The lowest BCUT2D eigenvalue weighted by Gasteiger charge is -2.12. The minimum Gasteiger partial charge on any atom is -0.357 e. The minimum absolute atomic E-state index is 0.0153. The maximum atomic E-state index is 12.0. The van der Waals surface area contributed by atoms with Gasteiger partial charge in [-0.2, -0.15) is 0 Å². The fraction of sp³-hybridized carbons (Fsp3) is 0.429. The zero-order valence-corrected chi connectivity index (χ0v) is 16.4. The Kier molecular flexibility index (Phi) is 8.96. The molecule has 2 aromatic rings. The summed E-state index contributed by atoms with van der Waals surface area (Å²) in [6.07, 6.45) is 6.17. The summed E-state index contributed by atoms with van der Waals surface area (Å²) in [5.74, 6) is 0.782. The van der Waals surface area contributed by atoms with Gasteiger partial charge >= 0.3 is 0 Å². The summed E-state index contributed by atoms with van der Waals surface area (Å²) in [6.45, 7) is 7.95. The number of nitrogens with zero attached hydrogens (tertiary/aromatic N) is 2. The van der Waals surface area contributed by atoms with E-state index in [2.05, 4.69) is 39.4 Å². The lowest BCUT2D eigenvalue weighted by molar-refractivity contribution is 0.0953. The molecular formula is C21H31N5O. The number of rotatable bonds is 10. The normalized spacial score (nSPS) is 11.3. The Balaban J connectivity index is 1.84. The SMILES string of the molecule is CCCCNC(=O)c1ccc(CN=C(NCC)NCCn2cccc2)cc1. The molecule has 0 spiro atoms. The molecule has 1 aromatic carbocycles. The van der Waals surface area contributed by atoms with Gasteiger partial charge in [0.2, 0.25) is 0 Å². The topological polar surface area (TPSA) is 70.4 Å². The first kappa shape index (κ1) is 20.6. The Morgan fingerprint density at radius 2 is 1.74 bits per heavy atom. The molecule has 0 aliphatic carbocycles. The zero-order valence-electron chi connectivity index (χ0n) is 16.4. The van der Waals surface area contributed by atoms with Crippen molar-refractivity contribution < 1.29 is 4.79 Å². The van der Waals surface area contributed by atoms with E-state index >= 15 is 0 Å². The van der Waals surface area contributed by atoms with Gasteiger partial charge in [-0.1, -0.05) is 25.5 Å². The Morgan fingerprint density at radius 3 is 2.41 bits per heavy atom. The average molecular weight is 370 g/mol. The highest BCUT2D eigenvalue weighted by molar-refractivity contribution is 5.94. The molecular weight excluding hydrogens is 338 g/mol. The standard InChI is InChI=1S/C21H31N5O/c1-3-5-12-23-20(27)19-10-8-18(9-11-19)17-25-21(22-4-2)24-13-16-26-14-6-7-15-26/h6-11,14-15H,3-5,12-13,16-17H2,1-2H3,(H,23,27)(H2,22,24,25). The van der Waals surface area contributed by atoms with Crippen LogP contribution in [0.4, 0.5) is 0 Å². The molecule has 27 heavy (non-hydrogen) atoms. The molecule has 1 heterocycles. The van der Waals surface area contributed by atoms with Crippen molar-refractivity contribution in [1.82, 2.24) is 20.5 Å². The van der Waals surface area contributed by atoms with Gasteiger partial charge in [-0.05, 0) is 43.2 Å². The smallest absolute Gasteiger partial charge is 0.251 e. The second-order valence-electron chi connectivity index (χ2n) is 6.35. The van der Waals surface area contributed by atoms with E-state index in [1.807, 2.05) is 48.8 Å². The predicted molar refractivity (Wildman–Crippen MR) is 111 cm³/mol. The van der Waals surface area contributed by atoms with E-state index in [-0.39, 0.29) is 5.91 Å². The van der Waals surface area contributed by atoms with Crippen LogP contribution < -0.4 is 16.0 Å². The summed E-state index contributed by atoms with van der Waals surface area (Å²) >= 11 is 0. The van der Waals surface area contributed by atoms with Crippen molar-refractivity contribution in [1.29, 1.82) is 0 Å². The van der Waals surface area contributed by atoms with Crippen LogP contribution in [0.1, 0.15) is 42.6 Å². The molecule has 0 aliphatic heterocycles. The number of aliphatic imine (C=N–C) groups is 1. The fourth-order valence-corrected chi connectivity index (χ4v) is 2.58. The Labute approximate surface area is 162 Å². The molecule has 0 unspecified atom stereocenters. The summed E-state index contributed by atoms with van der Waals surface area (Å²) in [4.78, 5) is 16.7. The molecule has 0 bridgehead atoms. The highest BCUT2D eigenvalue weighted by Crippen LogP contribution is 2.06. The van der Waals surface area contributed by atoms with Gasteiger partial charge in [-0.3, -0.25) is 4.79 Å². The predicted octanol–water partition coefficient (Wildman–Crippen LogP) is 2.77. The van der Waals surface area contributed by atoms with Gasteiger partial charge < -0.3 is 20.5 Å². The molecule has 6 nitrogen and oxygen atoms in total. The molecule has 2 rings (SSSR count). The Hall–Kier alpha value is -2.76. The van der Waals surface area contributed by atoms with E-state index in [9.17, 15) is 4.79 Å². The fourth-order valence-electron chi connectivity index (χ4n) is 2.58. The molecule has 146 valence electrons. The number of carbonyl (C=O) groups excluding carboxylic acids is 1. The van der Waals surface area contributed by atoms with E-state index < -0.39 is 0 Å². The van der Waals surface area contributed by atoms with Crippen LogP contribution in [-0.4, -0.2) is 36.1 Å². The van der Waals surface area contributed by atoms with Crippen LogP contribution in [0.3, 0.4) is 0 Å². The first-order valence-corrected chi connectivity index (χ1v) is 9.73. The molecule has 3 N–H and O–H groups in total. The summed E-state index contributed by atoms with van der Waals surface area (Å²) in [6, 6.07) is 11.7. The molecule has 0 atom stereocenters. The summed E-state index contributed by atoms with van der Waals surface area (Å²) in [7, 11) is 0. The van der Waals surface area contributed by atoms with Crippen molar-refractivity contribution in [2.75, 3.05) is 19.6 Å². The maximum absolute atomic E-state index is 12.0. The molecule has 1 aromatic heterocycles. The highest BCUT2D eigenvalue weighted by atomic mass is 16.1. The van der Waals surface area contributed by atoms with Gasteiger partial charge in [-0.25, -0.2) is 4.99 Å². The van der Waals surface area contributed by atoms with Gasteiger partial charge in [0.25, 0.3) is 5.91 Å². The monoisotopic (exact) mass is 369 g/mol. The Bertz CT molecular complexity index is 692. The largest absolute Gasteiger partial charge is 0.357 e. The zero-order chi connectivity index (χ0) is 19.3. The second-order valence-corrected chi connectivity index (χ2v) is 6.35. The van der Waals surface area contributed by atoms with Crippen LogP contribution in [0.2, 0.25) is 0 Å². The van der Waals surface area contributed by atoms with Crippen LogP contribution in [0.25, 0.3) is 0 Å². The van der Waals surface area contributed by atoms with E-state index in [0.29, 0.717) is 12.1 Å². The van der Waals surface area contributed by atoms with Crippen LogP contribution in [0.15, 0.2) is 53.8 Å². The first-order chi connectivity index (χ1) is 13.2. The number of amides is 1. The number of nitrogens with one attached hydrogen (secondary N) is 3. The van der Waals surface area contributed by atoms with Crippen LogP contribution in [0, 0.1) is 0 Å². The first-order valence-electron chi connectivity index (χ1n) is 9.73. The van der Waals surface area contributed by atoms with Crippen LogP contribution in [0.5, 0.6) is 0 Å². The maximum Gasteiger partial charge on any atom is 0.251 e. The van der Waals surface area contributed by atoms with E-state index in [1.54, 1.807) is 0 Å². The number of aromatic nitrogens is 1. The minimum atomic E-state index is -0.0153. The van der Waals surface area contributed by atoms with Crippen molar-refractivity contribution in [3.63, 3.8) is 0 Å². The van der Waals surface area contributed by atoms with Gasteiger partial charge in [0.05, 0.1) is 6.54 Å². The molecule has 1 amide bonds. The van der Waals surface area contributed by atoms with Crippen LogP contribution in [-0.2, 0) is 13.1 Å². The molecule has 0 fully saturated rings. The quantitative estimate of drug-likeness (QED) is 0.343. The van der Waals surface area contributed by atoms with E-state index in [0.717, 1.165) is 50.5 Å². The number of benzene rings is 1. The third-order valence-electron chi connectivity index (χ3n) is 4.12. The van der Waals surface area contributed by atoms with Crippen molar-refractivity contribution in [2.24, 2.45) is 4.99 Å². The van der Waals surface area contributed by atoms with Gasteiger partial charge in [-0.15, -0.1) is 0 Å². The summed E-state index contributed by atoms with van der Waals surface area (Å²) < 4.78 is 2.13. The third kappa shape index (κ3) is 7.56. The summed E-state index contributed by atoms with van der Waals surface area (Å²) in [5.41, 5.74) is 1.76. The van der Waals surface area contributed by atoms with Crippen molar-refractivity contribution >= 4 is 11.9 Å². The molecule has 0 radical (unpaired) electrons. The molecule has 0 aliphatic rings. The van der Waals surface area contributed by atoms with Crippen LogP contribution >= 0.6 is 0 Å². The Morgan fingerprint density at radius 1 is 1.00 bits per heavy atom. The third-order valence-corrected chi connectivity index (χ3v) is 4.12. The lowest BCUT2D eigenvalue weighted by Crippen LogP contribution is -2.38. The number of hydrogen-bond acceptors (Lipinski definition) is 2. The van der Waals surface area contributed by atoms with Crippen molar-refractivity contribution in [2.45, 2.75) is 39.8 Å². The van der Waals surface area contributed by atoms with Crippen molar-refractivity contribution in [3.05, 3.63) is 59.9 Å². The van der Waals surface area contributed by atoms with Gasteiger partial charge in [0.15, 0.2) is 5.96 Å². The number of guanidine groups is 1. The molecule has 6 heteroatoms. The average Bonchev–Trinajstić information content (AvgIpc) is 3.20. The highest BCUT2D eigenvalue weighted by Gasteiger charge is 2.04. The summed E-state index contributed by atoms with van der Waals surface area (Å²) in [5, 5.41) is 9.53. The lowest BCUT2D eigenvalue weighted by atomic mass is 10.1. The number of carbonyl (C=O) groups is 1. The molecule has 0 saturated carbocycles. The number of unbranched alkanes of at least 4 members (excludes halogenated alkanes) is 1. The van der Waals surface area contributed by atoms with Crippen molar-refractivity contribution in [3.8, 4) is 0 Å². The van der Waals surface area contributed by atoms with Gasteiger partial charge in [0, 0.05) is 44.1 Å². The number of hydrogen-bond donors (Lipinski definition) is 3. The van der Waals surface area contributed by atoms with Gasteiger partial charge in [0.1, 0.15) is 0 Å².